The molecule has 2 N–H and O–H groups in total. The summed E-state index contributed by atoms with van der Waals surface area (Å²) in [6.45, 7) is 2.63. The fraction of sp³-hybridized carbons (Fsp3) is 0.200. The molecule has 1 rings (SSSR count). The van der Waals surface area contributed by atoms with E-state index < -0.39 is 0 Å². The number of rotatable bonds is 6. The van der Waals surface area contributed by atoms with Gasteiger partial charge in [0.1, 0.15) is 18.2 Å². The monoisotopic (exact) mass is 247 g/mol. The minimum absolute atomic E-state index is 0.252. The van der Waals surface area contributed by atoms with E-state index in [9.17, 15) is 4.39 Å². The van der Waals surface area contributed by atoms with Crippen LogP contribution in [0.25, 0.3) is 0 Å². The minimum Gasteiger partial charge on any atom is -0.490 e. The van der Waals surface area contributed by atoms with E-state index in [1.807, 2.05) is 30.3 Å². The van der Waals surface area contributed by atoms with Crippen molar-refractivity contribution in [2.45, 2.75) is 13.5 Å². The van der Waals surface area contributed by atoms with Gasteiger partial charge in [0.05, 0.1) is 0 Å². The molecule has 0 aliphatic rings. The number of benzene rings is 1. The molecule has 0 atom stereocenters. The Balaban J connectivity index is 2.32. The number of halogens is 1. The van der Waals surface area contributed by atoms with Gasteiger partial charge in [0.15, 0.2) is 0 Å². The number of ether oxygens (including phenoxy) is 1. The third kappa shape index (κ3) is 5.46. The van der Waals surface area contributed by atoms with Crippen LogP contribution in [0.15, 0.2) is 60.5 Å². The Morgan fingerprint density at radius 2 is 2.00 bits per heavy atom. The number of hydrogen-bond acceptors (Lipinski definition) is 2. The van der Waals surface area contributed by atoms with E-state index in [1.165, 1.54) is 12.2 Å². The highest BCUT2D eigenvalue weighted by Crippen LogP contribution is 2.11. The first kappa shape index (κ1) is 14.2. The van der Waals surface area contributed by atoms with Crippen LogP contribution in [0.3, 0.4) is 0 Å². The van der Waals surface area contributed by atoms with Crippen molar-refractivity contribution in [3.05, 3.63) is 66.0 Å². The molecular formula is C15H18FNO. The molecule has 0 aromatic heterocycles. The van der Waals surface area contributed by atoms with Crippen LogP contribution in [0.1, 0.15) is 12.5 Å². The van der Waals surface area contributed by atoms with Crippen molar-refractivity contribution in [2.75, 3.05) is 6.61 Å². The standard InChI is InChI=1S/C15H18FNO/c1-2-14(16)6-4-3-5-11-18-15-9-7-13(12-17)8-10-15/h2-10H,11-12,17H2,1H3/b5-3+,6-4-,14-2+. The molecule has 96 valence electrons. The number of allylic oxidation sites excluding steroid dienone is 5. The van der Waals surface area contributed by atoms with E-state index in [0.29, 0.717) is 13.2 Å². The van der Waals surface area contributed by atoms with Crippen LogP contribution >= 0.6 is 0 Å². The first-order valence-corrected chi connectivity index (χ1v) is 5.83. The van der Waals surface area contributed by atoms with Crippen molar-refractivity contribution in [3.63, 3.8) is 0 Å². The fourth-order valence-corrected chi connectivity index (χ4v) is 1.24. The minimum atomic E-state index is -0.252. The highest BCUT2D eigenvalue weighted by molar-refractivity contribution is 5.27. The number of nitrogens with two attached hydrogens (primary N) is 1. The van der Waals surface area contributed by atoms with Gasteiger partial charge in [0.2, 0.25) is 0 Å². The SMILES string of the molecule is C\C=C(F)/C=C\C=C\COc1ccc(CN)cc1. The van der Waals surface area contributed by atoms with Gasteiger partial charge in [-0.05, 0) is 36.8 Å². The lowest BCUT2D eigenvalue weighted by atomic mass is 10.2. The Kier molecular flexibility index (Phi) is 6.51. The van der Waals surface area contributed by atoms with E-state index in [1.54, 1.807) is 19.1 Å². The van der Waals surface area contributed by atoms with E-state index in [-0.39, 0.29) is 5.83 Å². The summed E-state index contributed by atoms with van der Waals surface area (Å²) in [5, 5.41) is 0. The van der Waals surface area contributed by atoms with Crippen molar-refractivity contribution in [1.29, 1.82) is 0 Å². The summed E-state index contributed by atoms with van der Waals surface area (Å²) in [5.41, 5.74) is 6.57. The van der Waals surface area contributed by atoms with E-state index >= 15 is 0 Å². The summed E-state index contributed by atoms with van der Waals surface area (Å²) in [6, 6.07) is 7.62. The van der Waals surface area contributed by atoms with Crippen molar-refractivity contribution >= 4 is 0 Å². The molecule has 0 spiro atoms. The third-order valence-electron chi connectivity index (χ3n) is 2.28. The first-order chi connectivity index (χ1) is 8.76. The second kappa shape index (κ2) is 8.25. The smallest absolute Gasteiger partial charge is 0.119 e. The van der Waals surface area contributed by atoms with Gasteiger partial charge in [-0.2, -0.15) is 0 Å². The Morgan fingerprint density at radius 3 is 2.61 bits per heavy atom. The molecule has 0 unspecified atom stereocenters. The molecule has 0 aliphatic heterocycles. The molecule has 0 bridgehead atoms. The molecule has 0 saturated heterocycles. The first-order valence-electron chi connectivity index (χ1n) is 5.83. The number of hydrogen-bond donors (Lipinski definition) is 1. The summed E-state index contributed by atoms with van der Waals surface area (Å²) in [4.78, 5) is 0. The summed E-state index contributed by atoms with van der Waals surface area (Å²) in [6.07, 6.45) is 8.00. The second-order valence-electron chi connectivity index (χ2n) is 3.62. The largest absolute Gasteiger partial charge is 0.490 e. The van der Waals surface area contributed by atoms with Gasteiger partial charge >= 0.3 is 0 Å². The molecule has 0 heterocycles. The van der Waals surface area contributed by atoms with Gasteiger partial charge in [-0.25, -0.2) is 4.39 Å². The summed E-state index contributed by atoms with van der Waals surface area (Å²) < 4.78 is 18.1. The Hall–Kier alpha value is -1.87. The molecule has 3 heteroatoms. The average molecular weight is 247 g/mol. The van der Waals surface area contributed by atoms with Crippen LogP contribution in [0.4, 0.5) is 4.39 Å². The molecule has 0 amide bonds. The molecular weight excluding hydrogens is 229 g/mol. The molecule has 1 aromatic rings. The Morgan fingerprint density at radius 1 is 1.28 bits per heavy atom. The molecule has 1 aromatic carbocycles. The second-order valence-corrected chi connectivity index (χ2v) is 3.62. The maximum Gasteiger partial charge on any atom is 0.119 e. The molecule has 2 nitrogen and oxygen atoms in total. The lowest BCUT2D eigenvalue weighted by Gasteiger charge is -2.03. The van der Waals surface area contributed by atoms with Gasteiger partial charge in [-0.15, -0.1) is 0 Å². The van der Waals surface area contributed by atoms with Gasteiger partial charge in [-0.3, -0.25) is 0 Å². The van der Waals surface area contributed by atoms with Crippen molar-refractivity contribution < 1.29 is 9.13 Å². The van der Waals surface area contributed by atoms with Crippen LogP contribution in [0.5, 0.6) is 5.75 Å². The van der Waals surface area contributed by atoms with Crippen molar-refractivity contribution in [3.8, 4) is 5.75 Å². The molecule has 0 radical (unpaired) electrons. The van der Waals surface area contributed by atoms with E-state index in [0.717, 1.165) is 11.3 Å². The van der Waals surface area contributed by atoms with Gasteiger partial charge in [-0.1, -0.05) is 30.4 Å². The molecule has 18 heavy (non-hydrogen) atoms. The Labute approximate surface area is 107 Å². The summed E-state index contributed by atoms with van der Waals surface area (Å²) in [5.74, 6) is 0.540. The fourth-order valence-electron chi connectivity index (χ4n) is 1.24. The maximum absolute atomic E-state index is 12.7. The topological polar surface area (TPSA) is 35.2 Å². The maximum atomic E-state index is 12.7. The van der Waals surface area contributed by atoms with Crippen molar-refractivity contribution in [2.24, 2.45) is 5.73 Å². The molecule has 0 fully saturated rings. The van der Waals surface area contributed by atoms with Crippen LogP contribution in [-0.2, 0) is 6.54 Å². The van der Waals surface area contributed by atoms with Crippen LogP contribution in [0.2, 0.25) is 0 Å². The Bertz CT molecular complexity index is 432. The zero-order chi connectivity index (χ0) is 13.2. The van der Waals surface area contributed by atoms with Crippen molar-refractivity contribution in [1.82, 2.24) is 0 Å². The van der Waals surface area contributed by atoms with Crippen LogP contribution < -0.4 is 10.5 Å². The predicted octanol–water partition coefficient (Wildman–Crippen LogP) is 3.51. The molecule has 0 saturated carbocycles. The lowest BCUT2D eigenvalue weighted by molar-refractivity contribution is 0.363. The zero-order valence-corrected chi connectivity index (χ0v) is 10.5. The van der Waals surface area contributed by atoms with Crippen LogP contribution in [0, 0.1) is 0 Å². The molecule has 0 aliphatic carbocycles. The van der Waals surface area contributed by atoms with Gasteiger partial charge in [0, 0.05) is 6.54 Å². The quantitative estimate of drug-likeness (QED) is 0.781. The average Bonchev–Trinajstić information content (AvgIpc) is 2.43. The normalized spacial score (nSPS) is 12.5. The highest BCUT2D eigenvalue weighted by Gasteiger charge is 1.92. The van der Waals surface area contributed by atoms with E-state index in [4.69, 9.17) is 10.5 Å². The summed E-state index contributed by atoms with van der Waals surface area (Å²) in [7, 11) is 0. The van der Waals surface area contributed by atoms with Gasteiger partial charge < -0.3 is 10.5 Å². The van der Waals surface area contributed by atoms with Gasteiger partial charge in [0.25, 0.3) is 0 Å². The zero-order valence-electron chi connectivity index (χ0n) is 10.5. The predicted molar refractivity (Wildman–Crippen MR) is 73.0 cm³/mol. The van der Waals surface area contributed by atoms with Crippen LogP contribution in [-0.4, -0.2) is 6.61 Å². The highest BCUT2D eigenvalue weighted by atomic mass is 19.1. The van der Waals surface area contributed by atoms with E-state index in [2.05, 4.69) is 0 Å². The third-order valence-corrected chi connectivity index (χ3v) is 2.28. The summed E-state index contributed by atoms with van der Waals surface area (Å²) >= 11 is 0. The lowest BCUT2D eigenvalue weighted by Crippen LogP contribution is -1.97.